The second-order valence-electron chi connectivity index (χ2n) is 6.78. The molecule has 1 fully saturated rings. The first-order valence-electron chi connectivity index (χ1n) is 9.00. The van der Waals surface area contributed by atoms with Crippen LogP contribution in [0.5, 0.6) is 0 Å². The van der Waals surface area contributed by atoms with Crippen molar-refractivity contribution in [2.45, 2.75) is 32.2 Å². The Labute approximate surface area is 156 Å². The number of hydrogen-bond acceptors (Lipinski definition) is 5. The molecule has 1 saturated heterocycles. The summed E-state index contributed by atoms with van der Waals surface area (Å²) in [5.41, 5.74) is 7.77. The molecule has 3 heterocycles. The van der Waals surface area contributed by atoms with Crippen LogP contribution in [0, 0.1) is 12.7 Å². The van der Waals surface area contributed by atoms with Crippen molar-refractivity contribution >= 4 is 22.8 Å². The van der Waals surface area contributed by atoms with Gasteiger partial charge in [0.15, 0.2) is 5.65 Å². The Morgan fingerprint density at radius 2 is 1.89 bits per heavy atom. The SMILES string of the molecule is Cc1nc(N)c2ccc(C3CCCCN3C(=O)c3ccc(F)cc3)nc2n1. The van der Waals surface area contributed by atoms with Crippen molar-refractivity contribution in [3.63, 3.8) is 0 Å². The minimum absolute atomic E-state index is 0.111. The van der Waals surface area contributed by atoms with E-state index >= 15 is 0 Å². The van der Waals surface area contributed by atoms with Crippen LogP contribution >= 0.6 is 0 Å². The van der Waals surface area contributed by atoms with Gasteiger partial charge in [-0.25, -0.2) is 19.3 Å². The third-order valence-corrected chi connectivity index (χ3v) is 4.92. The topological polar surface area (TPSA) is 85.0 Å². The van der Waals surface area contributed by atoms with Gasteiger partial charge in [-0.15, -0.1) is 0 Å². The van der Waals surface area contributed by atoms with Crippen LogP contribution in [0.2, 0.25) is 0 Å². The van der Waals surface area contributed by atoms with Gasteiger partial charge in [0, 0.05) is 12.1 Å². The van der Waals surface area contributed by atoms with Crippen molar-refractivity contribution in [3.05, 3.63) is 59.3 Å². The minimum Gasteiger partial charge on any atom is -0.383 e. The normalized spacial score (nSPS) is 17.3. The Bertz CT molecular complexity index is 1010. The van der Waals surface area contributed by atoms with Crippen LogP contribution in [0.15, 0.2) is 36.4 Å². The number of hydrogen-bond donors (Lipinski definition) is 1. The average Bonchev–Trinajstić information content (AvgIpc) is 2.67. The van der Waals surface area contributed by atoms with E-state index in [0.29, 0.717) is 34.8 Å². The molecule has 1 aromatic carbocycles. The number of fused-ring (bicyclic) bond motifs is 1. The van der Waals surface area contributed by atoms with Crippen LogP contribution in [0.4, 0.5) is 10.2 Å². The zero-order chi connectivity index (χ0) is 19.0. The number of aryl methyl sites for hydroxylation is 1. The number of pyridine rings is 1. The summed E-state index contributed by atoms with van der Waals surface area (Å²) >= 11 is 0. The molecule has 1 amide bonds. The van der Waals surface area contributed by atoms with E-state index in [-0.39, 0.29) is 17.8 Å². The lowest BCUT2D eigenvalue weighted by atomic mass is 9.97. The largest absolute Gasteiger partial charge is 0.383 e. The number of rotatable bonds is 2. The number of halogens is 1. The zero-order valence-electron chi connectivity index (χ0n) is 15.0. The number of amides is 1. The molecule has 0 aliphatic carbocycles. The van der Waals surface area contributed by atoms with Gasteiger partial charge < -0.3 is 10.6 Å². The van der Waals surface area contributed by atoms with Gasteiger partial charge in [0.2, 0.25) is 0 Å². The molecule has 0 spiro atoms. The maximum Gasteiger partial charge on any atom is 0.254 e. The number of carbonyl (C=O) groups excluding carboxylic acids is 1. The predicted octanol–water partition coefficient (Wildman–Crippen LogP) is 3.42. The molecule has 2 aromatic heterocycles. The third kappa shape index (κ3) is 3.32. The lowest BCUT2D eigenvalue weighted by Crippen LogP contribution is -2.38. The molecule has 1 unspecified atom stereocenters. The summed E-state index contributed by atoms with van der Waals surface area (Å²) in [4.78, 5) is 28.0. The number of anilines is 1. The van der Waals surface area contributed by atoms with Gasteiger partial charge in [-0.05, 0) is 62.6 Å². The van der Waals surface area contributed by atoms with E-state index < -0.39 is 0 Å². The first-order chi connectivity index (χ1) is 13.0. The van der Waals surface area contributed by atoms with Crippen molar-refractivity contribution in [2.24, 2.45) is 0 Å². The Balaban J connectivity index is 1.71. The molecule has 0 bridgehead atoms. The lowest BCUT2D eigenvalue weighted by Gasteiger charge is -2.35. The van der Waals surface area contributed by atoms with Gasteiger partial charge in [0.1, 0.15) is 17.5 Å². The van der Waals surface area contributed by atoms with Gasteiger partial charge >= 0.3 is 0 Å². The molecule has 27 heavy (non-hydrogen) atoms. The first-order valence-corrected chi connectivity index (χ1v) is 9.00. The molecule has 1 atom stereocenters. The van der Waals surface area contributed by atoms with Crippen LogP contribution in [0.25, 0.3) is 11.0 Å². The van der Waals surface area contributed by atoms with E-state index in [4.69, 9.17) is 5.73 Å². The summed E-state index contributed by atoms with van der Waals surface area (Å²) in [5, 5.41) is 0.705. The average molecular weight is 365 g/mol. The molecule has 7 heteroatoms. The molecule has 0 radical (unpaired) electrons. The Morgan fingerprint density at radius 1 is 1.11 bits per heavy atom. The van der Waals surface area contributed by atoms with Crippen LogP contribution in [0.3, 0.4) is 0 Å². The molecule has 1 aliphatic rings. The van der Waals surface area contributed by atoms with E-state index in [2.05, 4.69) is 15.0 Å². The smallest absolute Gasteiger partial charge is 0.254 e. The van der Waals surface area contributed by atoms with E-state index in [1.807, 2.05) is 17.0 Å². The molecule has 4 rings (SSSR count). The Kier molecular flexibility index (Phi) is 4.43. The molecular formula is C20H20FN5O. The van der Waals surface area contributed by atoms with E-state index in [0.717, 1.165) is 25.0 Å². The standard InChI is InChI=1S/C20H20FN5O/c1-12-23-18(22)15-9-10-16(25-19(15)24-12)17-4-2-3-11-26(17)20(27)13-5-7-14(21)8-6-13/h5-10,17H,2-4,11H2,1H3,(H2,22,23,24,25). The van der Waals surface area contributed by atoms with E-state index in [1.54, 1.807) is 6.92 Å². The number of piperidine rings is 1. The quantitative estimate of drug-likeness (QED) is 0.752. The molecule has 2 N–H and O–H groups in total. The van der Waals surface area contributed by atoms with Crippen molar-refractivity contribution < 1.29 is 9.18 Å². The summed E-state index contributed by atoms with van der Waals surface area (Å²) in [5.74, 6) is 0.498. The minimum atomic E-state index is -0.356. The van der Waals surface area contributed by atoms with E-state index in [9.17, 15) is 9.18 Å². The molecule has 1 aliphatic heterocycles. The number of aromatic nitrogens is 3. The van der Waals surface area contributed by atoms with Gasteiger partial charge in [0.05, 0.1) is 17.1 Å². The summed E-state index contributed by atoms with van der Waals surface area (Å²) in [6, 6.07) is 9.27. The molecular weight excluding hydrogens is 345 g/mol. The van der Waals surface area contributed by atoms with Gasteiger partial charge in [-0.3, -0.25) is 4.79 Å². The van der Waals surface area contributed by atoms with Crippen molar-refractivity contribution in [3.8, 4) is 0 Å². The first kappa shape index (κ1) is 17.3. The van der Waals surface area contributed by atoms with Gasteiger partial charge in [-0.1, -0.05) is 0 Å². The van der Waals surface area contributed by atoms with Crippen LogP contribution in [0.1, 0.15) is 47.2 Å². The van der Waals surface area contributed by atoms with E-state index in [1.165, 1.54) is 24.3 Å². The maximum absolute atomic E-state index is 13.2. The summed E-state index contributed by atoms with van der Waals surface area (Å²) < 4.78 is 13.2. The fourth-order valence-electron chi connectivity index (χ4n) is 3.59. The fourth-order valence-corrected chi connectivity index (χ4v) is 3.59. The van der Waals surface area contributed by atoms with Gasteiger partial charge in [-0.2, -0.15) is 0 Å². The summed E-state index contributed by atoms with van der Waals surface area (Å²) in [7, 11) is 0. The highest BCUT2D eigenvalue weighted by atomic mass is 19.1. The summed E-state index contributed by atoms with van der Waals surface area (Å²) in [6.45, 7) is 2.42. The van der Waals surface area contributed by atoms with Gasteiger partial charge in [0.25, 0.3) is 5.91 Å². The third-order valence-electron chi connectivity index (χ3n) is 4.92. The van der Waals surface area contributed by atoms with Crippen molar-refractivity contribution in [2.75, 3.05) is 12.3 Å². The number of nitrogen functional groups attached to an aromatic ring is 1. The number of benzene rings is 1. The summed E-state index contributed by atoms with van der Waals surface area (Å²) in [6.07, 6.45) is 2.78. The molecule has 6 nitrogen and oxygen atoms in total. The Hall–Kier alpha value is -3.09. The maximum atomic E-state index is 13.2. The Morgan fingerprint density at radius 3 is 2.67 bits per heavy atom. The monoisotopic (exact) mass is 365 g/mol. The fraction of sp³-hybridized carbons (Fsp3) is 0.300. The zero-order valence-corrected chi connectivity index (χ0v) is 15.0. The number of nitrogens with zero attached hydrogens (tertiary/aromatic N) is 4. The van der Waals surface area contributed by atoms with Crippen molar-refractivity contribution in [1.29, 1.82) is 0 Å². The highest BCUT2D eigenvalue weighted by Crippen LogP contribution is 2.32. The van der Waals surface area contributed by atoms with Crippen LogP contribution in [-0.4, -0.2) is 32.3 Å². The second kappa shape index (κ2) is 6.90. The second-order valence-corrected chi connectivity index (χ2v) is 6.78. The van der Waals surface area contributed by atoms with Crippen LogP contribution < -0.4 is 5.73 Å². The predicted molar refractivity (Wildman–Crippen MR) is 101 cm³/mol. The number of nitrogens with two attached hydrogens (primary N) is 1. The number of carbonyl (C=O) groups is 1. The highest BCUT2D eigenvalue weighted by molar-refractivity contribution is 5.94. The molecule has 138 valence electrons. The molecule has 3 aromatic rings. The van der Waals surface area contributed by atoms with Crippen molar-refractivity contribution in [1.82, 2.24) is 19.9 Å². The molecule has 0 saturated carbocycles. The highest BCUT2D eigenvalue weighted by Gasteiger charge is 2.30. The lowest BCUT2D eigenvalue weighted by molar-refractivity contribution is 0.0606. The number of likely N-dealkylation sites (tertiary alicyclic amines) is 1. The van der Waals surface area contributed by atoms with Crippen LogP contribution in [-0.2, 0) is 0 Å².